The molecule has 34 nitrogen and oxygen atoms in total. The largest absolute Gasteiger partial charge is 0.508 e. The minimum Gasteiger partial charge on any atom is -0.508 e. The third kappa shape index (κ3) is 28.7. The van der Waals surface area contributed by atoms with Gasteiger partial charge in [0.25, 0.3) is 0 Å². The van der Waals surface area contributed by atoms with Gasteiger partial charge >= 0.3 is 18.1 Å². The predicted octanol–water partition coefficient (Wildman–Crippen LogP) is 6.25. The number of rotatable bonds is 30. The van der Waals surface area contributed by atoms with Gasteiger partial charge in [0, 0.05) is 94.7 Å². The number of anilines is 1. The number of fused-ring (bicyclic) bond motifs is 6. The Hall–Kier alpha value is -10.7. The Balaban J connectivity index is 0.870. The maximum absolute atomic E-state index is 15.5. The molecule has 4 aliphatic heterocycles. The van der Waals surface area contributed by atoms with Gasteiger partial charge in [-0.25, -0.2) is 14.4 Å². The van der Waals surface area contributed by atoms with Crippen LogP contribution in [0.1, 0.15) is 119 Å². The molecule has 0 unspecified atom stereocenters. The van der Waals surface area contributed by atoms with Crippen molar-refractivity contribution in [3.8, 4) is 11.5 Å². The van der Waals surface area contributed by atoms with Gasteiger partial charge in [-0.15, -0.1) is 0 Å². The average Bonchev–Trinajstić information content (AvgIpc) is 1.56. The number of methoxy groups -OCH3 is 2. The summed E-state index contributed by atoms with van der Waals surface area (Å²) in [6, 6.07) is 22.0. The Bertz CT molecular complexity index is 5050. The Labute approximate surface area is 787 Å². The van der Waals surface area contributed by atoms with Crippen molar-refractivity contribution in [3.05, 3.63) is 190 Å². The summed E-state index contributed by atoms with van der Waals surface area (Å²) < 4.78 is 29.8. The molecular formula is C93H118ClN13O21S4. The molecule has 0 aromatic heterocycles. The molecule has 3 fully saturated rings. The molecule has 712 valence electrons. The third-order valence-electron chi connectivity index (χ3n) is 23.9. The van der Waals surface area contributed by atoms with Gasteiger partial charge in [-0.3, -0.25) is 53.3 Å². The van der Waals surface area contributed by atoms with Crippen LogP contribution >= 0.6 is 54.8 Å². The molecule has 39 heteroatoms. The molecule has 12 amide bonds. The standard InChI is InChI=1S/C93H118ClN13O21S4/c1-52-21-20-29-75(125-9)93(123)47-74(126-91(122)105-93)53(2)81-92(5,128-81)76(46-78(112)107(7)71-42-59(39-52)43-73(124-8)79(71)94)127-89(120)54(3)106(6)77(111)36-38-129-130-50-69(82(96)113)101-87(118)70-51-132-131-49-68(100-85(116)66(41-56-22-12-10-13-23-56)103-90(121)97-48-58-24-14-11-15-25-58)72(110)45-62(40-57-30-34-63(109)35-31-57)83(114)99-67(44-61-33-32-60-26-16-17-27-64(60)61)86(117)98-65(28-18-19-37-95)84(115)104-80(55(4)108)88(119)102-70/h10-17,20-27,29-31,33-35,42-43,53-55,62,65-70,74-76,80-81,108-109,123H,18-19,28,32,36-41,44-51,95H2,1-9H3,(H2,96,113)(H,98,117)(H,99,114)(H,100,116)(H,101,118)(H,102,119)(H,104,115)(H,105,122)(H2,97,103,121)/b29-20+,52-21+/t53-,54+,55-,62-,65+,66-,67-,68+,69+,70+,74+,75-,76+,80+,81+,92+,93+/m1/s1. The zero-order valence-electron chi connectivity index (χ0n) is 75.0. The Morgan fingerprint density at radius 3 is 2.17 bits per heavy atom. The van der Waals surface area contributed by atoms with Crippen LogP contribution in [0.2, 0.25) is 5.02 Å². The number of carbonyl (C=O) groups excluding carboxylic acids is 13. The average molecular weight is 1920 g/mol. The second-order valence-corrected chi connectivity index (χ2v) is 39.2. The molecule has 0 spiro atoms. The fraction of sp³-hybridized carbons (Fsp3) is 0.473. The number of allylic oxidation sites excluding steroid dienone is 4. The fourth-order valence-electron chi connectivity index (χ4n) is 15.9. The van der Waals surface area contributed by atoms with Gasteiger partial charge in [0.2, 0.25) is 53.2 Å². The number of phenolic OH excluding ortho intramolecular Hbond substituents is 1. The van der Waals surface area contributed by atoms with Crippen molar-refractivity contribution in [2.45, 2.75) is 208 Å². The molecule has 5 aromatic carbocycles. The number of benzene rings is 5. The van der Waals surface area contributed by atoms with Crippen molar-refractivity contribution in [1.29, 1.82) is 0 Å². The molecule has 132 heavy (non-hydrogen) atoms. The monoisotopic (exact) mass is 1920 g/mol. The van der Waals surface area contributed by atoms with Crippen molar-refractivity contribution in [2.75, 3.05) is 62.8 Å². The van der Waals surface area contributed by atoms with Crippen molar-refractivity contribution in [2.24, 2.45) is 23.3 Å². The van der Waals surface area contributed by atoms with E-state index in [-0.39, 0.29) is 97.5 Å². The number of amides is 12. The normalized spacial score (nSPS) is 25.6. The summed E-state index contributed by atoms with van der Waals surface area (Å²) in [7, 11) is 9.71. The number of primary amides is 1. The number of alkyl carbamates (subject to hydrolysis) is 1. The molecule has 3 saturated heterocycles. The van der Waals surface area contributed by atoms with Crippen molar-refractivity contribution >= 4 is 143 Å². The van der Waals surface area contributed by atoms with E-state index in [1.807, 2.05) is 49.4 Å². The highest BCUT2D eigenvalue weighted by Gasteiger charge is 2.65. The topological polar surface area (TPSA) is 499 Å². The number of carbonyl (C=O) groups is 13. The predicted molar refractivity (Wildman–Crippen MR) is 504 cm³/mol. The van der Waals surface area contributed by atoms with Crippen LogP contribution in [0.5, 0.6) is 11.5 Å². The van der Waals surface area contributed by atoms with E-state index in [2.05, 4.69) is 47.9 Å². The van der Waals surface area contributed by atoms with Crippen LogP contribution in [-0.2, 0) is 104 Å². The van der Waals surface area contributed by atoms with Gasteiger partial charge in [0.1, 0.15) is 82.7 Å². The van der Waals surface area contributed by atoms with E-state index < -0.39 is 198 Å². The van der Waals surface area contributed by atoms with Crippen molar-refractivity contribution < 1.29 is 101 Å². The number of phenols is 1. The number of ketones is 1. The molecular weight excluding hydrogens is 1800 g/mol. The van der Waals surface area contributed by atoms with E-state index in [0.29, 0.717) is 41.5 Å². The molecule has 4 bridgehead atoms. The Morgan fingerprint density at radius 2 is 1.48 bits per heavy atom. The van der Waals surface area contributed by atoms with E-state index >= 15 is 19.2 Å². The number of aliphatic hydroxyl groups is 2. The lowest BCUT2D eigenvalue weighted by atomic mass is 9.83. The van der Waals surface area contributed by atoms with Crippen LogP contribution in [0.4, 0.5) is 15.3 Å². The van der Waals surface area contributed by atoms with Gasteiger partial charge in [-0.05, 0) is 136 Å². The molecule has 5 aromatic rings. The van der Waals surface area contributed by atoms with Crippen LogP contribution in [0.15, 0.2) is 151 Å². The minimum absolute atomic E-state index is 0.0567. The highest BCUT2D eigenvalue weighted by atomic mass is 35.5. The Kier molecular flexibility index (Phi) is 38.2. The van der Waals surface area contributed by atoms with Crippen LogP contribution < -0.4 is 69.0 Å². The van der Waals surface area contributed by atoms with Gasteiger partial charge in [-0.1, -0.05) is 189 Å². The molecule has 0 radical (unpaired) electrons. The molecule has 5 aliphatic rings. The van der Waals surface area contributed by atoms with Gasteiger partial charge < -0.3 is 103 Å². The first kappa shape index (κ1) is 103. The molecule has 10 rings (SSSR count). The van der Waals surface area contributed by atoms with Crippen LogP contribution in [0, 0.1) is 11.8 Å². The van der Waals surface area contributed by atoms with E-state index in [1.54, 1.807) is 105 Å². The third-order valence-corrected chi connectivity index (χ3v) is 29.1. The van der Waals surface area contributed by atoms with E-state index in [1.165, 1.54) is 59.2 Å². The lowest BCUT2D eigenvalue weighted by Crippen LogP contribution is -2.63. The quantitative estimate of drug-likeness (QED) is 0.0104. The second kappa shape index (κ2) is 48.8. The number of urea groups is 1. The number of halogens is 1. The first-order chi connectivity index (χ1) is 63.0. The summed E-state index contributed by atoms with van der Waals surface area (Å²) in [4.78, 5) is 192. The van der Waals surface area contributed by atoms with E-state index in [4.69, 9.17) is 46.8 Å². The molecule has 1 aliphatic carbocycles. The second-order valence-electron chi connectivity index (χ2n) is 33.6. The summed E-state index contributed by atoms with van der Waals surface area (Å²) in [5.74, 6) is -11.9. The maximum atomic E-state index is 15.5. The summed E-state index contributed by atoms with van der Waals surface area (Å²) in [6.45, 7) is 8.15. The van der Waals surface area contributed by atoms with Gasteiger partial charge in [0.15, 0.2) is 11.5 Å². The zero-order chi connectivity index (χ0) is 95.7. The lowest BCUT2D eigenvalue weighted by Gasteiger charge is -2.42. The molecule has 16 N–H and O–H groups in total. The minimum atomic E-state index is -1.96. The highest BCUT2D eigenvalue weighted by Crippen LogP contribution is 2.50. The van der Waals surface area contributed by atoms with E-state index in [9.17, 15) is 58.5 Å². The number of epoxide rings is 1. The number of nitrogens with one attached hydrogen (secondary N) is 9. The number of likely N-dealkylation sites (N-methyl/N-ethyl adjacent to an activating group) is 1. The smallest absolute Gasteiger partial charge is 0.409 e. The number of nitrogens with zero attached hydrogens (tertiary/aromatic N) is 2. The number of ether oxygens (including phenoxy) is 5. The van der Waals surface area contributed by atoms with Crippen LogP contribution in [-0.4, -0.2) is 245 Å². The number of unbranched alkanes of at least 4 members (excludes halogenated alkanes) is 1. The molecule has 4 heterocycles. The molecule has 17 atom stereocenters. The maximum Gasteiger partial charge on any atom is 0.409 e. The number of hydrogen-bond donors (Lipinski definition) is 14. The number of hydrogen-bond acceptors (Lipinski definition) is 26. The summed E-state index contributed by atoms with van der Waals surface area (Å²) in [5, 5.41) is 58.4. The van der Waals surface area contributed by atoms with Crippen molar-refractivity contribution in [3.63, 3.8) is 0 Å². The summed E-state index contributed by atoms with van der Waals surface area (Å²) >= 11 is 6.91. The number of esters is 1. The first-order valence-electron chi connectivity index (χ1n) is 43.5. The fourth-order valence-corrected chi connectivity index (χ4v) is 20.7. The number of aliphatic hydroxyl groups excluding tert-OH is 1. The zero-order valence-corrected chi connectivity index (χ0v) is 79.0. The van der Waals surface area contributed by atoms with Crippen molar-refractivity contribution in [1.82, 2.24) is 52.8 Å². The van der Waals surface area contributed by atoms with Crippen LogP contribution in [0.3, 0.4) is 0 Å². The summed E-state index contributed by atoms with van der Waals surface area (Å²) in [5.41, 5.74) is 14.7. The summed E-state index contributed by atoms with van der Waals surface area (Å²) in [6.07, 6.45) is -0.162. The number of aromatic hydroxyl groups is 1. The number of Topliss-reactive ketones (excluding diaryl/α,β-unsaturated/α-hetero) is 1. The lowest BCUT2D eigenvalue weighted by molar-refractivity contribution is -0.162. The highest BCUT2D eigenvalue weighted by molar-refractivity contribution is 8.77. The molecule has 0 saturated carbocycles. The Morgan fingerprint density at radius 1 is 0.803 bits per heavy atom. The first-order valence-corrected chi connectivity index (χ1v) is 48.9. The van der Waals surface area contributed by atoms with Gasteiger partial charge in [0.05, 0.1) is 37.5 Å². The van der Waals surface area contributed by atoms with Crippen LogP contribution in [0.25, 0.3) is 5.57 Å². The van der Waals surface area contributed by atoms with E-state index in [0.717, 1.165) is 70.3 Å². The SMILES string of the molecule is COc1cc2cc(c1Cl)N(C)C(=O)C[C@H](OC(=O)[C@H](C)N(C)C(=O)CCSSC[C@H](NC(=O)[C@@H]1CSSC[C@H](NC(=O)[C@@H](Cc3ccccc3)NC(=O)NCc3ccccc3)C(=O)C[C@@H](Cc3ccc(O)cc3)C(=O)N[C@H](CC3=CCc4ccccc43)C(=O)N[C@@H](CCCCN)C(=O)N[C@@H]([C@@H](C)O)C(=O)N1)C(N)=O)[C@]1(C)O[C@H]1[C@H](C)[C@@H]1C[C@@](O)(NC(=O)O1)[C@H](OC)/C=C/C=C(\C)C2. The number of nitrogens with two attached hydrogens (primary N) is 2. The van der Waals surface area contributed by atoms with Gasteiger partial charge in [-0.2, -0.15) is 0 Å².